The summed E-state index contributed by atoms with van der Waals surface area (Å²) in [7, 11) is 0. The fourth-order valence-electron chi connectivity index (χ4n) is 1.45. The third-order valence-electron chi connectivity index (χ3n) is 2.38. The van der Waals surface area contributed by atoms with Crippen molar-refractivity contribution < 1.29 is 13.9 Å². The van der Waals surface area contributed by atoms with Crippen molar-refractivity contribution in [3.05, 3.63) is 64.9 Å². The van der Waals surface area contributed by atoms with Crippen LogP contribution in [0, 0.1) is 5.82 Å². The molecule has 98 valence electrons. The fourth-order valence-corrected chi connectivity index (χ4v) is 1.57. The van der Waals surface area contributed by atoms with Crippen LogP contribution >= 0.6 is 11.6 Å². The number of hydrogen-bond acceptors (Lipinski definition) is 2. The highest BCUT2D eigenvalue weighted by Gasteiger charge is 2.06. The molecule has 0 aromatic heterocycles. The molecular formula is C14H11ClFNO2. The number of benzene rings is 2. The van der Waals surface area contributed by atoms with Gasteiger partial charge in [-0.05, 0) is 23.8 Å². The first-order valence-corrected chi connectivity index (χ1v) is 5.96. The van der Waals surface area contributed by atoms with Gasteiger partial charge in [0.25, 0.3) is 0 Å². The zero-order valence-corrected chi connectivity index (χ0v) is 10.7. The Morgan fingerprint density at radius 2 is 1.95 bits per heavy atom. The van der Waals surface area contributed by atoms with Gasteiger partial charge in [-0.2, -0.15) is 0 Å². The second-order valence-corrected chi connectivity index (χ2v) is 4.22. The van der Waals surface area contributed by atoms with Crippen LogP contribution in [0.2, 0.25) is 5.02 Å². The highest BCUT2D eigenvalue weighted by Crippen LogP contribution is 2.18. The lowest BCUT2D eigenvalue weighted by molar-refractivity contribution is 0.155. The Balaban J connectivity index is 1.89. The average molecular weight is 280 g/mol. The van der Waals surface area contributed by atoms with E-state index in [1.54, 1.807) is 0 Å². The molecule has 0 aliphatic rings. The molecule has 3 nitrogen and oxygen atoms in total. The Hall–Kier alpha value is -2.07. The van der Waals surface area contributed by atoms with E-state index in [2.05, 4.69) is 5.32 Å². The average Bonchev–Trinajstić information content (AvgIpc) is 2.42. The predicted octanol–water partition coefficient (Wildman–Crippen LogP) is 4.23. The first-order chi connectivity index (χ1) is 9.15. The minimum Gasteiger partial charge on any atom is -0.444 e. The summed E-state index contributed by atoms with van der Waals surface area (Å²) in [5, 5.41) is 2.42. The lowest BCUT2D eigenvalue weighted by atomic mass is 10.2. The number of carbonyl (C=O) groups is 1. The minimum atomic E-state index is -0.648. The molecule has 0 aliphatic carbocycles. The molecule has 1 amide bonds. The first-order valence-electron chi connectivity index (χ1n) is 5.58. The largest absolute Gasteiger partial charge is 0.444 e. The van der Waals surface area contributed by atoms with E-state index in [1.807, 2.05) is 30.3 Å². The third kappa shape index (κ3) is 3.96. The lowest BCUT2D eigenvalue weighted by Crippen LogP contribution is -2.13. The van der Waals surface area contributed by atoms with E-state index in [-0.39, 0.29) is 11.6 Å². The van der Waals surface area contributed by atoms with Crippen molar-refractivity contribution in [1.82, 2.24) is 0 Å². The summed E-state index contributed by atoms with van der Waals surface area (Å²) in [5.74, 6) is -0.595. The number of amides is 1. The molecule has 19 heavy (non-hydrogen) atoms. The lowest BCUT2D eigenvalue weighted by Gasteiger charge is -2.07. The zero-order valence-electron chi connectivity index (χ0n) is 9.90. The summed E-state index contributed by atoms with van der Waals surface area (Å²) in [6.07, 6.45) is -0.648. The van der Waals surface area contributed by atoms with Gasteiger partial charge in [-0.1, -0.05) is 41.9 Å². The maximum Gasteiger partial charge on any atom is 0.411 e. The van der Waals surface area contributed by atoms with Gasteiger partial charge in [0.05, 0.1) is 5.02 Å². The van der Waals surface area contributed by atoms with Crippen molar-refractivity contribution in [3.63, 3.8) is 0 Å². The van der Waals surface area contributed by atoms with Crippen LogP contribution in [-0.4, -0.2) is 6.09 Å². The van der Waals surface area contributed by atoms with Crippen molar-refractivity contribution in [2.45, 2.75) is 6.61 Å². The molecule has 0 bridgehead atoms. The van der Waals surface area contributed by atoms with Gasteiger partial charge < -0.3 is 4.74 Å². The molecule has 0 saturated carbocycles. The number of ether oxygens (including phenoxy) is 1. The van der Waals surface area contributed by atoms with Gasteiger partial charge in [0.1, 0.15) is 12.4 Å². The van der Waals surface area contributed by atoms with Crippen LogP contribution in [0.4, 0.5) is 14.9 Å². The van der Waals surface area contributed by atoms with Crippen molar-refractivity contribution in [2.75, 3.05) is 5.32 Å². The Labute approximate surface area is 115 Å². The van der Waals surface area contributed by atoms with E-state index in [0.29, 0.717) is 5.69 Å². The summed E-state index contributed by atoms with van der Waals surface area (Å²) >= 11 is 5.54. The second-order valence-electron chi connectivity index (χ2n) is 3.82. The van der Waals surface area contributed by atoms with Crippen LogP contribution in [-0.2, 0) is 11.3 Å². The number of carbonyl (C=O) groups excluding carboxylic acids is 1. The van der Waals surface area contributed by atoms with Crippen molar-refractivity contribution in [2.24, 2.45) is 0 Å². The fraction of sp³-hybridized carbons (Fsp3) is 0.0714. The van der Waals surface area contributed by atoms with Crippen LogP contribution in [0.3, 0.4) is 0 Å². The Kier molecular flexibility index (Phi) is 4.36. The summed E-state index contributed by atoms with van der Waals surface area (Å²) in [4.78, 5) is 11.5. The Morgan fingerprint density at radius 3 is 2.63 bits per heavy atom. The molecule has 0 unspecified atom stereocenters. The number of rotatable bonds is 3. The zero-order chi connectivity index (χ0) is 13.7. The third-order valence-corrected chi connectivity index (χ3v) is 2.69. The van der Waals surface area contributed by atoms with E-state index in [1.165, 1.54) is 12.1 Å². The number of halogens is 2. The molecule has 2 aromatic rings. The van der Waals surface area contributed by atoms with E-state index >= 15 is 0 Å². The van der Waals surface area contributed by atoms with E-state index in [4.69, 9.17) is 16.3 Å². The highest BCUT2D eigenvalue weighted by atomic mass is 35.5. The van der Waals surface area contributed by atoms with E-state index < -0.39 is 11.9 Å². The molecule has 0 spiro atoms. The van der Waals surface area contributed by atoms with E-state index in [0.717, 1.165) is 11.6 Å². The summed E-state index contributed by atoms with van der Waals surface area (Å²) in [6, 6.07) is 13.3. The molecule has 5 heteroatoms. The topological polar surface area (TPSA) is 38.3 Å². The van der Waals surface area contributed by atoms with Crippen LogP contribution in [0.15, 0.2) is 48.5 Å². The SMILES string of the molecule is O=C(Nc1ccc(Cl)c(F)c1)OCc1ccccc1. The summed E-state index contributed by atoms with van der Waals surface area (Å²) in [5.41, 5.74) is 1.17. The molecule has 0 radical (unpaired) electrons. The Bertz CT molecular complexity index is 575. The van der Waals surface area contributed by atoms with Crippen LogP contribution in [0.5, 0.6) is 0 Å². The van der Waals surface area contributed by atoms with Crippen LogP contribution < -0.4 is 5.32 Å². The number of nitrogens with one attached hydrogen (secondary N) is 1. The van der Waals surface area contributed by atoms with Gasteiger partial charge in [0.15, 0.2) is 0 Å². The molecule has 2 aromatic carbocycles. The van der Waals surface area contributed by atoms with Crippen molar-refractivity contribution >= 4 is 23.4 Å². The standard InChI is InChI=1S/C14H11ClFNO2/c15-12-7-6-11(8-13(12)16)17-14(18)19-9-10-4-2-1-3-5-10/h1-8H,9H2,(H,17,18). The van der Waals surface area contributed by atoms with Gasteiger partial charge >= 0.3 is 6.09 Å². The van der Waals surface area contributed by atoms with Crippen molar-refractivity contribution in [3.8, 4) is 0 Å². The molecule has 0 aliphatic heterocycles. The monoisotopic (exact) mass is 279 g/mol. The van der Waals surface area contributed by atoms with Gasteiger partial charge in [0.2, 0.25) is 0 Å². The predicted molar refractivity (Wildman–Crippen MR) is 71.7 cm³/mol. The number of anilines is 1. The molecular weight excluding hydrogens is 269 g/mol. The molecule has 0 atom stereocenters. The second kappa shape index (κ2) is 6.20. The van der Waals surface area contributed by atoms with E-state index in [9.17, 15) is 9.18 Å². The maximum absolute atomic E-state index is 13.2. The number of hydrogen-bond donors (Lipinski definition) is 1. The summed E-state index contributed by atoms with van der Waals surface area (Å²) in [6.45, 7) is 0.156. The van der Waals surface area contributed by atoms with Crippen molar-refractivity contribution in [1.29, 1.82) is 0 Å². The minimum absolute atomic E-state index is 0.00297. The first kappa shape index (κ1) is 13.4. The van der Waals surface area contributed by atoms with Gasteiger partial charge in [-0.3, -0.25) is 5.32 Å². The Morgan fingerprint density at radius 1 is 1.21 bits per heavy atom. The molecule has 2 rings (SSSR count). The smallest absolute Gasteiger partial charge is 0.411 e. The van der Waals surface area contributed by atoms with Gasteiger partial charge in [-0.25, -0.2) is 9.18 Å². The van der Waals surface area contributed by atoms with Gasteiger partial charge in [-0.15, -0.1) is 0 Å². The van der Waals surface area contributed by atoms with Crippen LogP contribution in [0.25, 0.3) is 0 Å². The van der Waals surface area contributed by atoms with Crippen LogP contribution in [0.1, 0.15) is 5.56 Å². The molecule has 0 saturated heterocycles. The molecule has 0 heterocycles. The summed E-state index contributed by atoms with van der Waals surface area (Å²) < 4.78 is 18.2. The normalized spacial score (nSPS) is 10.0. The maximum atomic E-state index is 13.2. The quantitative estimate of drug-likeness (QED) is 0.913. The van der Waals surface area contributed by atoms with Gasteiger partial charge in [0, 0.05) is 5.69 Å². The molecule has 0 fully saturated rings. The highest BCUT2D eigenvalue weighted by molar-refractivity contribution is 6.30. The molecule has 1 N–H and O–H groups in total.